The van der Waals surface area contributed by atoms with E-state index in [0.717, 1.165) is 12.8 Å². The van der Waals surface area contributed by atoms with E-state index in [-0.39, 0.29) is 0 Å². The summed E-state index contributed by atoms with van der Waals surface area (Å²) < 4.78 is 0. The zero-order valence-electron chi connectivity index (χ0n) is 6.88. The molecule has 0 aliphatic rings. The molecule has 11 heavy (non-hydrogen) atoms. The fourth-order valence-electron chi connectivity index (χ4n) is 0.907. The molecule has 0 N–H and O–H groups in total. The Morgan fingerprint density at radius 1 is 1.45 bits per heavy atom. The Labute approximate surface area is 67.8 Å². The minimum absolute atomic E-state index is 1.07. The smallest absolute Gasteiger partial charge is 0.0270 e. The van der Waals surface area contributed by atoms with Crippen LogP contribution < -0.4 is 0 Å². The van der Waals surface area contributed by atoms with Gasteiger partial charge in [0.25, 0.3) is 0 Å². The Balaban J connectivity index is 2.45. The molecule has 0 atom stereocenters. The van der Waals surface area contributed by atoms with Gasteiger partial charge in [-0.2, -0.15) is 0 Å². The summed E-state index contributed by atoms with van der Waals surface area (Å²) in [5.41, 5.74) is 2.57. The van der Waals surface area contributed by atoms with E-state index in [2.05, 4.69) is 18.5 Å². The van der Waals surface area contributed by atoms with E-state index in [1.54, 1.807) is 0 Å². The zero-order valence-corrected chi connectivity index (χ0v) is 6.88. The van der Waals surface area contributed by atoms with E-state index in [1.165, 1.54) is 11.1 Å². The molecule has 0 saturated heterocycles. The third-order valence-corrected chi connectivity index (χ3v) is 1.59. The lowest BCUT2D eigenvalue weighted by atomic mass is 10.1. The number of nitrogens with zero attached hydrogens (tertiary/aromatic N) is 1. The molecule has 58 valence electrons. The van der Waals surface area contributed by atoms with Gasteiger partial charge in [-0.15, -0.1) is 6.58 Å². The second-order valence-corrected chi connectivity index (χ2v) is 2.81. The standard InChI is InChI=1S/C10H13N/c1-9(2)3-4-10-5-7-11-8-6-10/h5-8H,1,3-4H2,2H3. The van der Waals surface area contributed by atoms with Gasteiger partial charge in [0.1, 0.15) is 0 Å². The number of allylic oxidation sites excluding steroid dienone is 1. The summed E-state index contributed by atoms with van der Waals surface area (Å²) in [5, 5.41) is 0. The Hall–Kier alpha value is -1.11. The highest BCUT2D eigenvalue weighted by Gasteiger charge is 1.90. The Morgan fingerprint density at radius 2 is 2.09 bits per heavy atom. The first-order valence-corrected chi connectivity index (χ1v) is 3.82. The average molecular weight is 147 g/mol. The van der Waals surface area contributed by atoms with Crippen molar-refractivity contribution in [3.8, 4) is 0 Å². The SMILES string of the molecule is C=C(C)CCc1ccncc1. The first-order chi connectivity index (χ1) is 5.29. The van der Waals surface area contributed by atoms with Crippen LogP contribution in [0, 0.1) is 0 Å². The van der Waals surface area contributed by atoms with Gasteiger partial charge in [0, 0.05) is 12.4 Å². The van der Waals surface area contributed by atoms with Gasteiger partial charge < -0.3 is 0 Å². The van der Waals surface area contributed by atoms with E-state index in [9.17, 15) is 0 Å². The Bertz CT molecular complexity index is 226. The minimum Gasteiger partial charge on any atom is -0.265 e. The number of hydrogen-bond donors (Lipinski definition) is 0. The molecule has 1 heterocycles. The van der Waals surface area contributed by atoms with Gasteiger partial charge in [-0.25, -0.2) is 0 Å². The van der Waals surface area contributed by atoms with E-state index in [0.29, 0.717) is 0 Å². The molecule has 0 amide bonds. The van der Waals surface area contributed by atoms with Crippen molar-refractivity contribution in [1.82, 2.24) is 4.98 Å². The van der Waals surface area contributed by atoms with Gasteiger partial charge in [0.15, 0.2) is 0 Å². The van der Waals surface area contributed by atoms with Crippen molar-refractivity contribution in [3.63, 3.8) is 0 Å². The molecule has 1 aromatic rings. The van der Waals surface area contributed by atoms with Crippen LogP contribution in [-0.2, 0) is 6.42 Å². The van der Waals surface area contributed by atoms with Crippen molar-refractivity contribution >= 4 is 0 Å². The highest BCUT2D eigenvalue weighted by molar-refractivity contribution is 5.11. The summed E-state index contributed by atoms with van der Waals surface area (Å²) in [6, 6.07) is 4.09. The lowest BCUT2D eigenvalue weighted by Gasteiger charge is -1.98. The van der Waals surface area contributed by atoms with Crippen molar-refractivity contribution in [2.75, 3.05) is 0 Å². The van der Waals surface area contributed by atoms with Crippen LogP contribution in [0.25, 0.3) is 0 Å². The lowest BCUT2D eigenvalue weighted by molar-refractivity contribution is 0.942. The fraction of sp³-hybridized carbons (Fsp3) is 0.300. The number of pyridine rings is 1. The van der Waals surface area contributed by atoms with Crippen LogP contribution in [0.5, 0.6) is 0 Å². The van der Waals surface area contributed by atoms with Crippen LogP contribution in [0.1, 0.15) is 18.9 Å². The maximum absolute atomic E-state index is 3.95. The molecule has 0 unspecified atom stereocenters. The summed E-state index contributed by atoms with van der Waals surface area (Å²) >= 11 is 0. The van der Waals surface area contributed by atoms with Crippen LogP contribution in [0.2, 0.25) is 0 Å². The van der Waals surface area contributed by atoms with Crippen LogP contribution in [-0.4, -0.2) is 4.98 Å². The molecule has 0 fully saturated rings. The van der Waals surface area contributed by atoms with Gasteiger partial charge in [0.2, 0.25) is 0 Å². The highest BCUT2D eigenvalue weighted by atomic mass is 14.6. The van der Waals surface area contributed by atoms with Crippen LogP contribution in [0.4, 0.5) is 0 Å². The molecular weight excluding hydrogens is 134 g/mol. The van der Waals surface area contributed by atoms with Gasteiger partial charge in [-0.05, 0) is 37.5 Å². The Morgan fingerprint density at radius 3 is 2.64 bits per heavy atom. The molecule has 0 aliphatic carbocycles. The monoisotopic (exact) mass is 147 g/mol. The summed E-state index contributed by atoms with van der Waals surface area (Å²) in [6.07, 6.45) is 5.81. The van der Waals surface area contributed by atoms with Crippen molar-refractivity contribution in [2.45, 2.75) is 19.8 Å². The molecule has 0 aliphatic heterocycles. The normalized spacial score (nSPS) is 9.55. The molecule has 1 heteroatoms. The first kappa shape index (κ1) is 7.99. The number of hydrogen-bond acceptors (Lipinski definition) is 1. The molecule has 1 rings (SSSR count). The molecule has 1 nitrogen and oxygen atoms in total. The van der Waals surface area contributed by atoms with E-state index >= 15 is 0 Å². The minimum atomic E-state index is 1.07. The Kier molecular flexibility index (Phi) is 2.84. The van der Waals surface area contributed by atoms with Crippen molar-refractivity contribution in [2.24, 2.45) is 0 Å². The maximum Gasteiger partial charge on any atom is 0.0270 e. The molecule has 1 aromatic heterocycles. The molecule has 0 bridgehead atoms. The van der Waals surface area contributed by atoms with Crippen molar-refractivity contribution in [3.05, 3.63) is 42.2 Å². The van der Waals surface area contributed by atoms with Crippen LogP contribution in [0.15, 0.2) is 36.7 Å². The van der Waals surface area contributed by atoms with Gasteiger partial charge in [-0.3, -0.25) is 4.98 Å². The number of rotatable bonds is 3. The van der Waals surface area contributed by atoms with Gasteiger partial charge >= 0.3 is 0 Å². The third-order valence-electron chi connectivity index (χ3n) is 1.59. The zero-order chi connectivity index (χ0) is 8.10. The van der Waals surface area contributed by atoms with Crippen molar-refractivity contribution in [1.29, 1.82) is 0 Å². The molecule has 0 saturated carbocycles. The van der Waals surface area contributed by atoms with E-state index in [4.69, 9.17) is 0 Å². The summed E-state index contributed by atoms with van der Waals surface area (Å²) in [6.45, 7) is 5.91. The molecule has 0 aromatic carbocycles. The number of aromatic nitrogens is 1. The second kappa shape index (κ2) is 3.91. The summed E-state index contributed by atoms with van der Waals surface area (Å²) in [5.74, 6) is 0. The highest BCUT2D eigenvalue weighted by Crippen LogP contribution is 2.05. The van der Waals surface area contributed by atoms with Gasteiger partial charge in [0.05, 0.1) is 0 Å². The maximum atomic E-state index is 3.95. The first-order valence-electron chi connectivity index (χ1n) is 3.82. The topological polar surface area (TPSA) is 12.9 Å². The van der Waals surface area contributed by atoms with Crippen molar-refractivity contribution < 1.29 is 0 Å². The predicted molar refractivity (Wildman–Crippen MR) is 47.4 cm³/mol. The summed E-state index contributed by atoms with van der Waals surface area (Å²) in [7, 11) is 0. The predicted octanol–water partition coefficient (Wildman–Crippen LogP) is 2.59. The average Bonchev–Trinajstić information content (AvgIpc) is 2.03. The van der Waals surface area contributed by atoms with E-state index < -0.39 is 0 Å². The largest absolute Gasteiger partial charge is 0.265 e. The molecular formula is C10H13N. The van der Waals surface area contributed by atoms with Gasteiger partial charge in [-0.1, -0.05) is 5.57 Å². The summed E-state index contributed by atoms with van der Waals surface area (Å²) in [4.78, 5) is 3.95. The van der Waals surface area contributed by atoms with E-state index in [1.807, 2.05) is 24.5 Å². The number of aryl methyl sites for hydroxylation is 1. The molecule has 0 radical (unpaired) electrons. The van der Waals surface area contributed by atoms with Crippen LogP contribution >= 0.6 is 0 Å². The quantitative estimate of drug-likeness (QED) is 0.599. The third kappa shape index (κ3) is 2.99. The molecule has 0 spiro atoms. The lowest BCUT2D eigenvalue weighted by Crippen LogP contribution is -1.85. The second-order valence-electron chi connectivity index (χ2n) is 2.81. The fourth-order valence-corrected chi connectivity index (χ4v) is 0.907. The van der Waals surface area contributed by atoms with Crippen LogP contribution in [0.3, 0.4) is 0 Å².